The fourth-order valence-corrected chi connectivity index (χ4v) is 11.0. The molecule has 2 aromatic carbocycles. The van der Waals surface area contributed by atoms with Gasteiger partial charge in [0.05, 0.1) is 20.3 Å². The predicted molar refractivity (Wildman–Crippen MR) is 215 cm³/mol. The highest BCUT2D eigenvalue weighted by molar-refractivity contribution is 6.76. The minimum Gasteiger partial charge on any atom is -0.497 e. The molecule has 0 aromatic heterocycles. The number of carbonyl (C=O) groups excluding carboxylic acids is 2. The van der Waals surface area contributed by atoms with Crippen LogP contribution < -0.4 is 14.8 Å². The molecule has 0 bridgehead atoms. The van der Waals surface area contributed by atoms with Crippen LogP contribution >= 0.6 is 0 Å². The van der Waals surface area contributed by atoms with Gasteiger partial charge >= 0.3 is 59.7 Å². The zero-order valence-corrected chi connectivity index (χ0v) is 38.5. The minimum absolute atomic E-state index is 0.0803. The molecule has 0 unspecified atom stereocenters. The first-order chi connectivity index (χ1) is 31.5. The third kappa shape index (κ3) is 13.0. The van der Waals surface area contributed by atoms with E-state index in [-0.39, 0.29) is 12.4 Å². The number of benzene rings is 2. The van der Waals surface area contributed by atoms with Crippen molar-refractivity contribution in [1.29, 1.82) is 0 Å². The standard InChI is InChI=1S/C42H48F17NO8Si/c1-8-65-32(61)12-10-9-11-31(64-7)33(68-34(62)60-28-15-19-29(63-6)20-16-28)27-13-17-30(18-14-27)66-22-23-67-69(25(2)3,26(4)5)24-21-35(43,44)36(45,46)37(47,48)38(49,50)39(51,52)40(53,54)41(55,56)42(57,58)59/h9-20,25-26,31,33H,8,21-24H2,1-7H3,(H,60,62)/b11-9+,12-10+/t31-,33-/m1/s1. The minimum atomic E-state index is -8.71. The lowest BCUT2D eigenvalue weighted by Gasteiger charge is -2.44. The van der Waals surface area contributed by atoms with Crippen LogP contribution in [0.25, 0.3) is 0 Å². The number of halogens is 17. The van der Waals surface area contributed by atoms with E-state index in [0.717, 1.165) is 6.08 Å². The molecule has 1 N–H and O–H groups in total. The summed E-state index contributed by atoms with van der Waals surface area (Å²) in [5, 5.41) is 2.54. The molecule has 9 nitrogen and oxygen atoms in total. The Bertz CT molecular complexity index is 2020. The third-order valence-corrected chi connectivity index (χ3v) is 16.3. The molecule has 69 heavy (non-hydrogen) atoms. The van der Waals surface area contributed by atoms with E-state index in [1.54, 1.807) is 19.1 Å². The summed E-state index contributed by atoms with van der Waals surface area (Å²) in [5.74, 6) is -57.0. The Balaban J connectivity index is 2.34. The molecule has 0 spiro atoms. The van der Waals surface area contributed by atoms with E-state index in [1.807, 2.05) is 0 Å². The third-order valence-electron chi connectivity index (χ3n) is 10.6. The van der Waals surface area contributed by atoms with E-state index >= 15 is 8.78 Å². The highest BCUT2D eigenvalue weighted by atomic mass is 28.4. The van der Waals surface area contributed by atoms with Crippen molar-refractivity contribution < 1.29 is 112 Å². The normalized spacial score (nSPS) is 14.9. The molecular weight excluding hydrogens is 998 g/mol. The van der Waals surface area contributed by atoms with Crippen LogP contribution in [0, 0.1) is 0 Å². The van der Waals surface area contributed by atoms with Crippen LogP contribution in [-0.2, 0) is 23.4 Å². The van der Waals surface area contributed by atoms with Gasteiger partial charge in [0.2, 0.25) is 0 Å². The lowest BCUT2D eigenvalue weighted by molar-refractivity contribution is -0.461. The van der Waals surface area contributed by atoms with Crippen molar-refractivity contribution in [1.82, 2.24) is 0 Å². The van der Waals surface area contributed by atoms with Gasteiger partial charge in [-0.3, -0.25) is 5.32 Å². The van der Waals surface area contributed by atoms with E-state index in [4.69, 9.17) is 28.1 Å². The van der Waals surface area contributed by atoms with Crippen LogP contribution in [0.1, 0.15) is 52.7 Å². The molecule has 0 aliphatic heterocycles. The zero-order valence-electron chi connectivity index (χ0n) is 37.5. The zero-order chi connectivity index (χ0) is 53.2. The molecule has 0 aliphatic carbocycles. The molecule has 2 rings (SSSR count). The summed E-state index contributed by atoms with van der Waals surface area (Å²) in [6.07, 6.45) is -8.22. The first-order valence-corrected chi connectivity index (χ1v) is 22.5. The number of anilines is 1. The Morgan fingerprint density at radius 3 is 1.61 bits per heavy atom. The van der Waals surface area contributed by atoms with Crippen LogP contribution in [-0.4, -0.2) is 108 Å². The van der Waals surface area contributed by atoms with Gasteiger partial charge in [0.15, 0.2) is 14.4 Å². The first kappa shape index (κ1) is 60.3. The van der Waals surface area contributed by atoms with Gasteiger partial charge in [-0.05, 0) is 66.0 Å². The number of methoxy groups -OCH3 is 2. The molecule has 0 saturated carbocycles. The van der Waals surface area contributed by atoms with Gasteiger partial charge < -0.3 is 28.1 Å². The van der Waals surface area contributed by atoms with E-state index in [0.29, 0.717) is 17.0 Å². The Labute approximate surface area is 385 Å². The van der Waals surface area contributed by atoms with E-state index in [2.05, 4.69) is 5.32 Å². The summed E-state index contributed by atoms with van der Waals surface area (Å²) >= 11 is 0. The fourth-order valence-electron chi connectivity index (χ4n) is 6.56. The van der Waals surface area contributed by atoms with Gasteiger partial charge in [-0.1, -0.05) is 58.1 Å². The quantitative estimate of drug-likeness (QED) is 0.0248. The van der Waals surface area contributed by atoms with Gasteiger partial charge in [-0.2, -0.15) is 74.6 Å². The molecule has 1 amide bonds. The molecule has 0 aliphatic rings. The maximum atomic E-state index is 15.0. The van der Waals surface area contributed by atoms with Gasteiger partial charge in [-0.15, -0.1) is 0 Å². The van der Waals surface area contributed by atoms with Gasteiger partial charge in [0.1, 0.15) is 24.2 Å². The van der Waals surface area contributed by atoms with E-state index < -0.39 is 117 Å². The summed E-state index contributed by atoms with van der Waals surface area (Å²) in [4.78, 5) is 24.7. The molecular formula is C42H48F17NO8Si. The number of rotatable bonds is 26. The average Bonchev–Trinajstić information content (AvgIpc) is 3.25. The summed E-state index contributed by atoms with van der Waals surface area (Å²) in [6.45, 7) is 5.96. The maximum Gasteiger partial charge on any atom is 0.460 e. The summed E-state index contributed by atoms with van der Waals surface area (Å²) < 4.78 is 269. The van der Waals surface area contributed by atoms with Crippen molar-refractivity contribution in [2.75, 3.05) is 39.4 Å². The Morgan fingerprint density at radius 2 is 1.14 bits per heavy atom. The number of esters is 1. The lowest BCUT2D eigenvalue weighted by Crippen LogP contribution is -2.74. The predicted octanol–water partition coefficient (Wildman–Crippen LogP) is 13.2. The largest absolute Gasteiger partial charge is 0.497 e. The van der Waals surface area contributed by atoms with E-state index in [1.165, 1.54) is 96.5 Å². The topological polar surface area (TPSA) is 102 Å². The number of amides is 1. The highest BCUT2D eigenvalue weighted by Gasteiger charge is 2.95. The number of alkyl halides is 17. The second kappa shape index (κ2) is 23.0. The first-order valence-electron chi connectivity index (χ1n) is 20.2. The number of hydrogen-bond acceptors (Lipinski definition) is 8. The fraction of sp³-hybridized carbons (Fsp3) is 0.571. The second-order valence-electron chi connectivity index (χ2n) is 15.6. The molecule has 27 heteroatoms. The SMILES string of the molecule is CCOC(=O)/C=C/C=C/[C@@H](OC)[C@H](OC(=O)Nc1ccc(OC)cc1)c1ccc(OCCO[Si](CCC(F)(F)C(F)(F)C(F)(F)C(F)(F)C(F)(F)C(F)(F)C(F)(F)C(F)(F)F)(C(C)C)C(C)C)cc1. The van der Waals surface area contributed by atoms with Crippen molar-refractivity contribution in [3.8, 4) is 11.5 Å². The molecule has 0 heterocycles. The number of nitrogens with one attached hydrogen (secondary N) is 1. The number of ether oxygens (including phenoxy) is 5. The number of carbonyl (C=O) groups is 2. The van der Waals surface area contributed by atoms with Gasteiger partial charge in [-0.25, -0.2) is 9.59 Å². The van der Waals surface area contributed by atoms with Crippen molar-refractivity contribution in [2.45, 2.75) is 118 Å². The van der Waals surface area contributed by atoms with Crippen LogP contribution in [0.15, 0.2) is 72.8 Å². The number of allylic oxidation sites excluding steroid dienone is 2. The summed E-state index contributed by atoms with van der Waals surface area (Å²) in [6, 6.07) is 10.4. The van der Waals surface area contributed by atoms with Crippen LogP contribution in [0.2, 0.25) is 17.1 Å². The highest BCUT2D eigenvalue weighted by Crippen LogP contribution is 2.64. The van der Waals surface area contributed by atoms with Crippen LogP contribution in [0.4, 0.5) is 85.1 Å². The second-order valence-corrected chi connectivity index (χ2v) is 20.6. The van der Waals surface area contributed by atoms with E-state index in [9.17, 15) is 75.4 Å². The summed E-state index contributed by atoms with van der Waals surface area (Å²) in [5.41, 5.74) is -1.18. The molecule has 2 aromatic rings. The molecule has 2 atom stereocenters. The Morgan fingerprint density at radius 1 is 0.652 bits per heavy atom. The molecule has 0 fully saturated rings. The van der Waals surface area contributed by atoms with Crippen molar-refractivity contribution >= 4 is 26.1 Å². The van der Waals surface area contributed by atoms with Crippen LogP contribution in [0.3, 0.4) is 0 Å². The Kier molecular flexibility index (Phi) is 20.1. The summed E-state index contributed by atoms with van der Waals surface area (Å²) in [7, 11) is -1.31. The lowest BCUT2D eigenvalue weighted by atomic mass is 9.88. The monoisotopic (exact) mass is 1050 g/mol. The van der Waals surface area contributed by atoms with Crippen molar-refractivity contribution in [3.05, 3.63) is 78.4 Å². The van der Waals surface area contributed by atoms with Gasteiger partial charge in [0.25, 0.3) is 0 Å². The van der Waals surface area contributed by atoms with Crippen molar-refractivity contribution in [2.24, 2.45) is 0 Å². The van der Waals surface area contributed by atoms with Gasteiger partial charge in [0, 0.05) is 25.3 Å². The number of hydrogen-bond donors (Lipinski definition) is 1. The smallest absolute Gasteiger partial charge is 0.460 e. The molecule has 0 saturated heterocycles. The van der Waals surface area contributed by atoms with Crippen LogP contribution in [0.5, 0.6) is 11.5 Å². The Hall–Kier alpha value is -4.79. The molecule has 392 valence electrons. The maximum absolute atomic E-state index is 15.0. The van der Waals surface area contributed by atoms with Crippen molar-refractivity contribution in [3.63, 3.8) is 0 Å². The molecule has 0 radical (unpaired) electrons. The average molecular weight is 1050 g/mol.